The number of hydrogen-bond acceptors (Lipinski definition) is 2. The van der Waals surface area contributed by atoms with Crippen molar-refractivity contribution in [1.82, 2.24) is 0 Å². The van der Waals surface area contributed by atoms with Gasteiger partial charge in [0.15, 0.2) is 0 Å². The molecule has 0 radical (unpaired) electrons. The maximum absolute atomic E-state index is 6.26. The minimum Gasteiger partial charge on any atom is -0.497 e. The lowest BCUT2D eigenvalue weighted by Gasteiger charge is -2.31. The fraction of sp³-hybridized carbons (Fsp3) is 0.538. The van der Waals surface area contributed by atoms with Crippen LogP contribution in [0, 0.1) is 0 Å². The molecule has 1 saturated carbocycles. The molecule has 0 unspecified atom stereocenters. The van der Waals surface area contributed by atoms with Crippen LogP contribution in [0.2, 0.25) is 0 Å². The Hall–Kier alpha value is -1.02. The van der Waals surface area contributed by atoms with E-state index < -0.39 is 0 Å². The van der Waals surface area contributed by atoms with Crippen LogP contribution in [0.15, 0.2) is 24.3 Å². The zero-order chi connectivity index (χ0) is 11.1. The lowest BCUT2D eigenvalue weighted by atomic mass is 9.79. The molecule has 0 spiro atoms. The molecule has 0 aliphatic heterocycles. The number of ether oxygens (including phenoxy) is 1. The number of rotatable bonds is 3. The average molecular weight is 205 g/mol. The number of methoxy groups -OCH3 is 1. The van der Waals surface area contributed by atoms with Crippen LogP contribution < -0.4 is 10.5 Å². The van der Waals surface area contributed by atoms with E-state index in [1.807, 2.05) is 12.1 Å². The van der Waals surface area contributed by atoms with E-state index in [0.29, 0.717) is 0 Å². The summed E-state index contributed by atoms with van der Waals surface area (Å²) in [4.78, 5) is 0. The summed E-state index contributed by atoms with van der Waals surface area (Å²) in [6, 6.07) is 8.29. The van der Waals surface area contributed by atoms with Crippen molar-refractivity contribution in [1.29, 1.82) is 0 Å². The number of hydrogen-bond donors (Lipinski definition) is 1. The van der Waals surface area contributed by atoms with Gasteiger partial charge in [-0.2, -0.15) is 0 Å². The van der Waals surface area contributed by atoms with Gasteiger partial charge in [0, 0.05) is 11.0 Å². The van der Waals surface area contributed by atoms with E-state index in [0.717, 1.165) is 5.75 Å². The first-order valence-corrected chi connectivity index (χ1v) is 5.43. The molecule has 0 saturated heterocycles. The van der Waals surface area contributed by atoms with E-state index in [1.54, 1.807) is 7.11 Å². The normalized spacial score (nSPS) is 18.7. The first-order valence-electron chi connectivity index (χ1n) is 5.43. The Balaban J connectivity index is 2.38. The molecule has 1 aromatic carbocycles. The minimum atomic E-state index is -0.153. The van der Waals surface area contributed by atoms with Crippen molar-refractivity contribution >= 4 is 0 Å². The van der Waals surface area contributed by atoms with E-state index >= 15 is 0 Å². The third kappa shape index (κ3) is 1.63. The fourth-order valence-electron chi connectivity index (χ4n) is 2.35. The Bertz CT molecular complexity index is 361. The minimum absolute atomic E-state index is 0.153. The van der Waals surface area contributed by atoms with Crippen molar-refractivity contribution in [2.45, 2.75) is 37.6 Å². The van der Waals surface area contributed by atoms with Crippen molar-refractivity contribution in [3.8, 4) is 5.75 Å². The lowest BCUT2D eigenvalue weighted by Crippen LogP contribution is -2.45. The summed E-state index contributed by atoms with van der Waals surface area (Å²) in [7, 11) is 1.70. The molecule has 0 atom stereocenters. The molecule has 1 aromatic rings. The molecule has 1 aliphatic rings. The summed E-state index contributed by atoms with van der Waals surface area (Å²) < 4.78 is 5.25. The van der Waals surface area contributed by atoms with Crippen molar-refractivity contribution in [2.24, 2.45) is 5.73 Å². The summed E-state index contributed by atoms with van der Waals surface area (Å²) >= 11 is 0. The molecular weight excluding hydrogens is 186 g/mol. The molecule has 1 fully saturated rings. The summed E-state index contributed by atoms with van der Waals surface area (Å²) in [5.74, 6) is 0.919. The maximum Gasteiger partial charge on any atom is 0.119 e. The molecule has 15 heavy (non-hydrogen) atoms. The Morgan fingerprint density at radius 3 is 2.47 bits per heavy atom. The Kier molecular flexibility index (Phi) is 2.27. The zero-order valence-corrected chi connectivity index (χ0v) is 9.71. The SMILES string of the molecule is COc1cccc(C2(C(C)(C)N)CC2)c1. The summed E-state index contributed by atoms with van der Waals surface area (Å²) in [5.41, 5.74) is 7.59. The van der Waals surface area contributed by atoms with Crippen molar-refractivity contribution in [3.05, 3.63) is 29.8 Å². The van der Waals surface area contributed by atoms with Gasteiger partial charge in [-0.1, -0.05) is 12.1 Å². The van der Waals surface area contributed by atoms with Crippen molar-refractivity contribution < 1.29 is 4.74 Å². The van der Waals surface area contributed by atoms with Gasteiger partial charge in [0.25, 0.3) is 0 Å². The molecule has 2 N–H and O–H groups in total. The molecule has 2 nitrogen and oxygen atoms in total. The first kappa shape index (κ1) is 10.5. The largest absolute Gasteiger partial charge is 0.497 e. The van der Waals surface area contributed by atoms with E-state index in [-0.39, 0.29) is 11.0 Å². The molecule has 0 aromatic heterocycles. The lowest BCUT2D eigenvalue weighted by molar-refractivity contribution is 0.385. The predicted octanol–water partition coefficient (Wildman–Crippen LogP) is 2.46. The zero-order valence-electron chi connectivity index (χ0n) is 9.71. The van der Waals surface area contributed by atoms with Gasteiger partial charge in [0.1, 0.15) is 5.75 Å². The van der Waals surface area contributed by atoms with Crippen LogP contribution in [-0.4, -0.2) is 12.6 Å². The summed E-state index contributed by atoms with van der Waals surface area (Å²) in [5, 5.41) is 0. The van der Waals surface area contributed by atoms with Crippen LogP contribution in [-0.2, 0) is 5.41 Å². The highest BCUT2D eigenvalue weighted by Crippen LogP contribution is 2.55. The molecule has 2 heteroatoms. The molecule has 2 rings (SSSR count). The van der Waals surface area contributed by atoms with Gasteiger partial charge in [0.2, 0.25) is 0 Å². The maximum atomic E-state index is 6.26. The fourth-order valence-corrected chi connectivity index (χ4v) is 2.35. The third-order valence-electron chi connectivity index (χ3n) is 3.61. The van der Waals surface area contributed by atoms with E-state index in [4.69, 9.17) is 10.5 Å². The average Bonchev–Trinajstić information content (AvgIpc) is 2.97. The number of benzene rings is 1. The second-order valence-electron chi connectivity index (χ2n) is 5.04. The van der Waals surface area contributed by atoms with Gasteiger partial charge in [-0.25, -0.2) is 0 Å². The second-order valence-corrected chi connectivity index (χ2v) is 5.04. The van der Waals surface area contributed by atoms with Crippen LogP contribution in [0.3, 0.4) is 0 Å². The number of nitrogens with two attached hydrogens (primary N) is 1. The molecule has 0 amide bonds. The smallest absolute Gasteiger partial charge is 0.119 e. The highest BCUT2D eigenvalue weighted by molar-refractivity contribution is 5.40. The standard InChI is InChI=1S/C13H19NO/c1-12(2,14)13(7-8-13)10-5-4-6-11(9-10)15-3/h4-6,9H,7-8,14H2,1-3H3. The van der Waals surface area contributed by atoms with Gasteiger partial charge in [0.05, 0.1) is 7.11 Å². The van der Waals surface area contributed by atoms with Crippen LogP contribution >= 0.6 is 0 Å². The van der Waals surface area contributed by atoms with Gasteiger partial charge < -0.3 is 10.5 Å². The molecule has 0 heterocycles. The first-order chi connectivity index (χ1) is 6.99. The quantitative estimate of drug-likeness (QED) is 0.822. The third-order valence-corrected chi connectivity index (χ3v) is 3.61. The van der Waals surface area contributed by atoms with Crippen molar-refractivity contribution in [2.75, 3.05) is 7.11 Å². The van der Waals surface area contributed by atoms with Crippen LogP contribution in [0.25, 0.3) is 0 Å². The van der Waals surface area contributed by atoms with E-state index in [2.05, 4.69) is 26.0 Å². The summed E-state index contributed by atoms with van der Waals surface area (Å²) in [6.45, 7) is 4.22. The molecule has 82 valence electrons. The topological polar surface area (TPSA) is 35.2 Å². The van der Waals surface area contributed by atoms with Gasteiger partial charge in [-0.05, 0) is 44.4 Å². The van der Waals surface area contributed by atoms with Crippen molar-refractivity contribution in [3.63, 3.8) is 0 Å². The Morgan fingerprint density at radius 1 is 1.33 bits per heavy atom. The molecule has 0 bridgehead atoms. The van der Waals surface area contributed by atoms with Gasteiger partial charge in [-0.3, -0.25) is 0 Å². The van der Waals surface area contributed by atoms with E-state index in [9.17, 15) is 0 Å². The van der Waals surface area contributed by atoms with Gasteiger partial charge >= 0.3 is 0 Å². The monoisotopic (exact) mass is 205 g/mol. The van der Waals surface area contributed by atoms with E-state index in [1.165, 1.54) is 18.4 Å². The highest BCUT2D eigenvalue weighted by Gasteiger charge is 2.53. The van der Waals surface area contributed by atoms with Gasteiger partial charge in [-0.15, -0.1) is 0 Å². The predicted molar refractivity (Wildman–Crippen MR) is 62.2 cm³/mol. The molecular formula is C13H19NO. The summed E-state index contributed by atoms with van der Waals surface area (Å²) in [6.07, 6.45) is 2.37. The van der Waals surface area contributed by atoms with Crippen LogP contribution in [0.1, 0.15) is 32.3 Å². The second kappa shape index (κ2) is 3.24. The molecule has 1 aliphatic carbocycles. The highest BCUT2D eigenvalue weighted by atomic mass is 16.5. The van der Waals surface area contributed by atoms with Crippen LogP contribution in [0.4, 0.5) is 0 Å². The van der Waals surface area contributed by atoms with Crippen LogP contribution in [0.5, 0.6) is 5.75 Å². The Labute approximate surface area is 91.4 Å². The Morgan fingerprint density at radius 2 is 2.00 bits per heavy atom.